The number of carboxylic acids is 1. The number of amides is 2. The standard InChI is InChI=1S/C24H18ClNO4/c1-12(13-5-3-2-4-6-13)19-15-8-9-16(19)21-20(15)22(27)26(23(21)28)14-7-10-18(25)17(11-14)24(29)30/h2-11,15-16,20-21H,1H3,(H,29,30)/t15-,16-,20-,21-/m1/s1. The minimum atomic E-state index is -1.20. The van der Waals surface area contributed by atoms with Gasteiger partial charge in [-0.25, -0.2) is 9.69 Å². The van der Waals surface area contributed by atoms with E-state index in [2.05, 4.69) is 0 Å². The van der Waals surface area contributed by atoms with Crippen molar-refractivity contribution in [3.8, 4) is 0 Å². The Kier molecular flexibility index (Phi) is 4.19. The topological polar surface area (TPSA) is 74.7 Å². The van der Waals surface area contributed by atoms with Gasteiger partial charge in [0.2, 0.25) is 11.8 Å². The molecule has 0 aromatic heterocycles. The number of carboxylic acid groups (broad SMARTS) is 1. The Hall–Kier alpha value is -3.18. The maximum absolute atomic E-state index is 13.3. The summed E-state index contributed by atoms with van der Waals surface area (Å²) in [7, 11) is 0. The van der Waals surface area contributed by atoms with Crippen LogP contribution in [0.25, 0.3) is 5.57 Å². The van der Waals surface area contributed by atoms with Gasteiger partial charge < -0.3 is 5.11 Å². The summed E-state index contributed by atoms with van der Waals surface area (Å²) in [6, 6.07) is 14.2. The van der Waals surface area contributed by atoms with E-state index in [9.17, 15) is 19.5 Å². The molecule has 1 saturated heterocycles. The Bertz CT molecular complexity index is 1130. The van der Waals surface area contributed by atoms with Gasteiger partial charge >= 0.3 is 5.97 Å². The van der Waals surface area contributed by atoms with Gasteiger partial charge in [0.1, 0.15) is 0 Å². The van der Waals surface area contributed by atoms with Crippen molar-refractivity contribution in [2.45, 2.75) is 6.92 Å². The lowest BCUT2D eigenvalue weighted by molar-refractivity contribution is -0.122. The molecule has 0 spiro atoms. The molecule has 3 aliphatic rings. The second-order valence-corrected chi connectivity index (χ2v) is 8.32. The highest BCUT2D eigenvalue weighted by Crippen LogP contribution is 2.58. The van der Waals surface area contributed by atoms with Crippen molar-refractivity contribution in [2.24, 2.45) is 23.7 Å². The van der Waals surface area contributed by atoms with Crippen LogP contribution < -0.4 is 4.90 Å². The molecular weight excluding hydrogens is 402 g/mol. The first-order valence-electron chi connectivity index (χ1n) is 9.75. The molecule has 5 rings (SSSR count). The smallest absolute Gasteiger partial charge is 0.337 e. The van der Waals surface area contributed by atoms with E-state index >= 15 is 0 Å². The lowest BCUT2D eigenvalue weighted by Crippen LogP contribution is -2.33. The summed E-state index contributed by atoms with van der Waals surface area (Å²) in [5.41, 5.74) is 3.46. The molecule has 1 aliphatic heterocycles. The zero-order valence-electron chi connectivity index (χ0n) is 16.1. The van der Waals surface area contributed by atoms with E-state index in [-0.39, 0.29) is 39.9 Å². The third-order valence-corrected chi connectivity index (χ3v) is 6.82. The maximum Gasteiger partial charge on any atom is 0.337 e. The third-order valence-electron chi connectivity index (χ3n) is 6.49. The third kappa shape index (κ3) is 2.52. The number of hydrogen-bond donors (Lipinski definition) is 1. The first-order chi connectivity index (χ1) is 14.4. The monoisotopic (exact) mass is 419 g/mol. The van der Waals surface area contributed by atoms with E-state index in [1.165, 1.54) is 18.2 Å². The number of allylic oxidation sites excluding steroid dienone is 4. The highest BCUT2D eigenvalue weighted by atomic mass is 35.5. The summed E-state index contributed by atoms with van der Waals surface area (Å²) in [6.07, 6.45) is 4.07. The Balaban J connectivity index is 1.54. The van der Waals surface area contributed by atoms with Gasteiger partial charge in [0.15, 0.2) is 0 Å². The van der Waals surface area contributed by atoms with Crippen LogP contribution in [0.5, 0.6) is 0 Å². The normalized spacial score (nSPS) is 26.5. The van der Waals surface area contributed by atoms with Gasteiger partial charge in [-0.15, -0.1) is 0 Å². The summed E-state index contributed by atoms with van der Waals surface area (Å²) in [5.74, 6) is -2.90. The number of imide groups is 1. The fourth-order valence-corrected chi connectivity index (χ4v) is 5.39. The van der Waals surface area contributed by atoms with Crippen LogP contribution in [0.4, 0.5) is 5.69 Å². The largest absolute Gasteiger partial charge is 0.478 e. The molecule has 1 heterocycles. The number of carbonyl (C=O) groups is 3. The quantitative estimate of drug-likeness (QED) is 0.589. The number of aromatic carboxylic acids is 1. The van der Waals surface area contributed by atoms with Crippen LogP contribution in [-0.4, -0.2) is 22.9 Å². The van der Waals surface area contributed by atoms with E-state index in [1.807, 2.05) is 49.4 Å². The van der Waals surface area contributed by atoms with Gasteiger partial charge in [-0.3, -0.25) is 9.59 Å². The number of fused-ring (bicyclic) bond motifs is 5. The molecule has 150 valence electrons. The Labute approximate surface area is 178 Å². The van der Waals surface area contributed by atoms with Crippen molar-refractivity contribution in [1.82, 2.24) is 0 Å². The molecule has 2 aromatic rings. The predicted octanol–water partition coefficient (Wildman–Crippen LogP) is 4.43. The second kappa shape index (κ2) is 6.67. The molecule has 0 unspecified atom stereocenters. The molecule has 2 bridgehead atoms. The molecule has 1 saturated carbocycles. The van der Waals surface area contributed by atoms with Gasteiger partial charge in [0.25, 0.3) is 0 Å². The highest BCUT2D eigenvalue weighted by Gasteiger charge is 2.62. The average molecular weight is 420 g/mol. The van der Waals surface area contributed by atoms with Crippen LogP contribution >= 0.6 is 11.6 Å². The van der Waals surface area contributed by atoms with Crippen LogP contribution in [0.3, 0.4) is 0 Å². The van der Waals surface area contributed by atoms with Gasteiger partial charge in [-0.1, -0.05) is 59.7 Å². The van der Waals surface area contributed by atoms with E-state index in [0.29, 0.717) is 0 Å². The minimum absolute atomic E-state index is 0.0657. The predicted molar refractivity (Wildman–Crippen MR) is 113 cm³/mol. The molecule has 2 fully saturated rings. The number of carbonyl (C=O) groups excluding carboxylic acids is 2. The molecular formula is C24H18ClNO4. The average Bonchev–Trinajstić information content (AvgIpc) is 3.38. The van der Waals surface area contributed by atoms with E-state index in [1.54, 1.807) is 0 Å². The summed E-state index contributed by atoms with van der Waals surface area (Å²) in [6.45, 7) is 2.05. The first-order valence-corrected chi connectivity index (χ1v) is 10.1. The zero-order valence-corrected chi connectivity index (χ0v) is 16.8. The van der Waals surface area contributed by atoms with E-state index in [4.69, 9.17) is 11.6 Å². The molecule has 2 aromatic carbocycles. The van der Waals surface area contributed by atoms with Gasteiger partial charge in [0, 0.05) is 11.8 Å². The molecule has 2 amide bonds. The van der Waals surface area contributed by atoms with Crippen LogP contribution in [0.15, 0.2) is 66.3 Å². The summed E-state index contributed by atoms with van der Waals surface area (Å²) < 4.78 is 0. The SMILES string of the molecule is CC(=C1[C@H]2C=C[C@H]1[C@H]1C(=O)N(c3ccc(Cl)c(C(=O)O)c3)C(=O)[C@@H]12)c1ccccc1. The van der Waals surface area contributed by atoms with Crippen LogP contribution in [0, 0.1) is 23.7 Å². The summed E-state index contributed by atoms with van der Waals surface area (Å²) in [5, 5.41) is 9.40. The van der Waals surface area contributed by atoms with Crippen molar-refractivity contribution >= 4 is 40.6 Å². The fourth-order valence-electron chi connectivity index (χ4n) is 5.19. The maximum atomic E-state index is 13.3. The Morgan fingerprint density at radius 2 is 1.57 bits per heavy atom. The number of rotatable bonds is 3. The minimum Gasteiger partial charge on any atom is -0.478 e. The van der Waals surface area contributed by atoms with E-state index in [0.717, 1.165) is 21.6 Å². The lowest BCUT2D eigenvalue weighted by Gasteiger charge is -2.20. The fraction of sp³-hybridized carbons (Fsp3) is 0.208. The number of hydrogen-bond acceptors (Lipinski definition) is 3. The van der Waals surface area contributed by atoms with Crippen molar-refractivity contribution in [3.05, 3.63) is 82.4 Å². The number of halogens is 1. The Morgan fingerprint density at radius 3 is 2.13 bits per heavy atom. The summed E-state index contributed by atoms with van der Waals surface area (Å²) in [4.78, 5) is 39.2. The zero-order chi connectivity index (χ0) is 21.2. The van der Waals surface area contributed by atoms with Crippen LogP contribution in [0.2, 0.25) is 5.02 Å². The summed E-state index contributed by atoms with van der Waals surface area (Å²) >= 11 is 5.95. The lowest BCUT2D eigenvalue weighted by atomic mass is 9.85. The molecule has 1 N–H and O–H groups in total. The van der Waals surface area contributed by atoms with Crippen molar-refractivity contribution in [2.75, 3.05) is 4.90 Å². The number of anilines is 1. The molecule has 30 heavy (non-hydrogen) atoms. The number of benzene rings is 2. The molecule has 6 heteroatoms. The molecule has 2 aliphatic carbocycles. The second-order valence-electron chi connectivity index (χ2n) is 7.92. The van der Waals surface area contributed by atoms with Crippen molar-refractivity contribution in [3.63, 3.8) is 0 Å². The van der Waals surface area contributed by atoms with E-state index < -0.39 is 17.8 Å². The molecule has 0 radical (unpaired) electrons. The van der Waals surface area contributed by atoms with Crippen LogP contribution in [0.1, 0.15) is 22.8 Å². The molecule has 4 atom stereocenters. The molecule has 5 nitrogen and oxygen atoms in total. The van der Waals surface area contributed by atoms with Gasteiger partial charge in [0.05, 0.1) is 28.1 Å². The van der Waals surface area contributed by atoms with Crippen molar-refractivity contribution < 1.29 is 19.5 Å². The Morgan fingerprint density at radius 1 is 0.967 bits per heavy atom. The number of nitrogens with zero attached hydrogens (tertiary/aromatic N) is 1. The van der Waals surface area contributed by atoms with Gasteiger partial charge in [-0.05, 0) is 36.3 Å². The first kappa shape index (κ1) is 18.8. The van der Waals surface area contributed by atoms with Gasteiger partial charge in [-0.2, -0.15) is 0 Å². The highest BCUT2D eigenvalue weighted by molar-refractivity contribution is 6.34. The van der Waals surface area contributed by atoms with Crippen LogP contribution in [-0.2, 0) is 9.59 Å². The van der Waals surface area contributed by atoms with Crippen molar-refractivity contribution in [1.29, 1.82) is 0 Å².